The van der Waals surface area contributed by atoms with E-state index in [2.05, 4.69) is 26.9 Å². The van der Waals surface area contributed by atoms with Crippen molar-refractivity contribution in [1.82, 2.24) is 14.8 Å². The summed E-state index contributed by atoms with van der Waals surface area (Å²) in [5.74, 6) is 0.128. The van der Waals surface area contributed by atoms with Crippen molar-refractivity contribution in [3.63, 3.8) is 0 Å². The summed E-state index contributed by atoms with van der Waals surface area (Å²) in [5, 5.41) is 8.83. The first kappa shape index (κ1) is 16.9. The second kappa shape index (κ2) is 6.91. The molecule has 0 aliphatic heterocycles. The summed E-state index contributed by atoms with van der Waals surface area (Å²) in [6.45, 7) is 7.88. The minimum atomic E-state index is -0.193. The predicted octanol–water partition coefficient (Wildman–Crippen LogP) is 4.62. The van der Waals surface area contributed by atoms with Crippen molar-refractivity contribution in [1.29, 1.82) is 0 Å². The molecule has 0 spiro atoms. The van der Waals surface area contributed by atoms with Crippen LogP contribution >= 0.6 is 23.1 Å². The summed E-state index contributed by atoms with van der Waals surface area (Å²) in [4.78, 5) is 12.9. The monoisotopic (exact) mass is 357 g/mol. The minimum Gasteiger partial charge on any atom is -0.318 e. The Morgan fingerprint density at radius 3 is 2.50 bits per heavy atom. The number of benzene rings is 1. The third-order valence-corrected chi connectivity index (χ3v) is 5.89. The lowest BCUT2D eigenvalue weighted by molar-refractivity contribution is 0.0993. The quantitative estimate of drug-likeness (QED) is 0.494. The van der Waals surface area contributed by atoms with E-state index in [4.69, 9.17) is 0 Å². The van der Waals surface area contributed by atoms with Crippen LogP contribution < -0.4 is 0 Å². The molecular formula is C18H19N3OS2. The number of aryl methyl sites for hydroxylation is 2. The molecule has 6 heteroatoms. The van der Waals surface area contributed by atoms with Crippen LogP contribution in [0.3, 0.4) is 0 Å². The highest BCUT2D eigenvalue weighted by Crippen LogP contribution is 2.30. The number of carbonyl (C=O) groups is 1. The second-order valence-corrected chi connectivity index (χ2v) is 8.44. The Kier molecular flexibility index (Phi) is 4.87. The predicted molar refractivity (Wildman–Crippen MR) is 99.5 cm³/mol. The fourth-order valence-corrected chi connectivity index (χ4v) is 4.76. The topological polar surface area (TPSA) is 47.8 Å². The molecule has 0 fully saturated rings. The molecule has 0 aliphatic rings. The Morgan fingerprint density at radius 2 is 1.88 bits per heavy atom. The first-order valence-corrected chi connectivity index (χ1v) is 9.42. The lowest BCUT2D eigenvalue weighted by Crippen LogP contribution is -2.14. The molecule has 0 aliphatic carbocycles. The zero-order chi connectivity index (χ0) is 17.3. The normalized spacial score (nSPS) is 12.3. The molecule has 24 heavy (non-hydrogen) atoms. The van der Waals surface area contributed by atoms with Gasteiger partial charge >= 0.3 is 0 Å². The van der Waals surface area contributed by atoms with E-state index in [1.807, 2.05) is 52.0 Å². The third-order valence-electron chi connectivity index (χ3n) is 3.87. The number of carbonyl (C=O) groups excluding carboxylic acids is 1. The van der Waals surface area contributed by atoms with Crippen LogP contribution in [-0.2, 0) is 0 Å². The van der Waals surface area contributed by atoms with Gasteiger partial charge in [-0.2, -0.15) is 0 Å². The van der Waals surface area contributed by atoms with Crippen molar-refractivity contribution in [2.75, 3.05) is 0 Å². The first-order chi connectivity index (χ1) is 11.5. The highest BCUT2D eigenvalue weighted by molar-refractivity contribution is 8.02. The molecule has 3 rings (SSSR count). The lowest BCUT2D eigenvalue weighted by Gasteiger charge is -2.11. The number of thioether (sulfide) groups is 1. The van der Waals surface area contributed by atoms with Gasteiger partial charge in [-0.15, -0.1) is 10.2 Å². The molecule has 0 saturated carbocycles. The van der Waals surface area contributed by atoms with E-state index in [1.165, 1.54) is 23.1 Å². The zero-order valence-corrected chi connectivity index (χ0v) is 15.7. The zero-order valence-electron chi connectivity index (χ0n) is 14.1. The van der Waals surface area contributed by atoms with Gasteiger partial charge in [-0.1, -0.05) is 41.3 Å². The van der Waals surface area contributed by atoms with Gasteiger partial charge in [-0.05, 0) is 45.9 Å². The van der Waals surface area contributed by atoms with E-state index in [0.717, 1.165) is 32.0 Å². The number of para-hydroxylation sites is 1. The fraction of sp³-hybridized carbons (Fsp3) is 0.278. The smallest absolute Gasteiger partial charge is 0.177 e. The fourth-order valence-electron chi connectivity index (χ4n) is 2.74. The number of hydrogen-bond acceptors (Lipinski definition) is 5. The first-order valence-electron chi connectivity index (χ1n) is 7.72. The van der Waals surface area contributed by atoms with Crippen LogP contribution in [0.25, 0.3) is 5.69 Å². The average molecular weight is 358 g/mol. The molecule has 4 nitrogen and oxygen atoms in total. The Bertz CT molecular complexity index is 868. The van der Waals surface area contributed by atoms with Crippen molar-refractivity contribution >= 4 is 28.9 Å². The van der Waals surface area contributed by atoms with Gasteiger partial charge in [0.25, 0.3) is 0 Å². The van der Waals surface area contributed by atoms with Crippen LogP contribution in [0.1, 0.15) is 33.7 Å². The molecule has 0 saturated heterocycles. The molecule has 1 atom stereocenters. The van der Waals surface area contributed by atoms with Crippen LogP contribution in [0.15, 0.2) is 40.7 Å². The highest BCUT2D eigenvalue weighted by Gasteiger charge is 2.23. The number of hydrogen-bond donors (Lipinski definition) is 0. The number of Topliss-reactive ketones (excluding diaryl/α,β-unsaturated/α-hetero) is 1. The van der Waals surface area contributed by atoms with E-state index in [-0.39, 0.29) is 11.0 Å². The van der Waals surface area contributed by atoms with E-state index >= 15 is 0 Å². The standard InChI is InChI=1S/C18H19N3OS2/c1-11-10-16(12(2)21(11)15-8-6-5-7-9-15)17(22)13(3)23-18-20-19-14(4)24-18/h5-10,13H,1-4H3. The molecule has 3 aromatic rings. The lowest BCUT2D eigenvalue weighted by atomic mass is 10.1. The van der Waals surface area contributed by atoms with Gasteiger partial charge in [0, 0.05) is 22.6 Å². The molecule has 2 aromatic heterocycles. The van der Waals surface area contributed by atoms with Gasteiger partial charge in [-0.3, -0.25) is 4.79 Å². The average Bonchev–Trinajstić information content (AvgIpc) is 3.10. The van der Waals surface area contributed by atoms with Gasteiger partial charge in [-0.25, -0.2) is 0 Å². The van der Waals surface area contributed by atoms with Gasteiger partial charge in [0.1, 0.15) is 5.01 Å². The molecule has 1 unspecified atom stereocenters. The molecule has 124 valence electrons. The number of nitrogens with zero attached hydrogens (tertiary/aromatic N) is 3. The Morgan fingerprint density at radius 1 is 1.17 bits per heavy atom. The highest BCUT2D eigenvalue weighted by atomic mass is 32.2. The van der Waals surface area contributed by atoms with E-state index in [9.17, 15) is 4.79 Å². The summed E-state index contributed by atoms with van der Waals surface area (Å²) in [6.07, 6.45) is 0. The maximum atomic E-state index is 12.9. The van der Waals surface area contributed by atoms with Crippen LogP contribution in [-0.4, -0.2) is 25.8 Å². The Balaban J connectivity index is 1.88. The summed E-state index contributed by atoms with van der Waals surface area (Å²) in [6, 6.07) is 12.1. The van der Waals surface area contributed by atoms with E-state index < -0.39 is 0 Å². The van der Waals surface area contributed by atoms with Gasteiger partial charge < -0.3 is 4.57 Å². The van der Waals surface area contributed by atoms with Crippen LogP contribution in [0.2, 0.25) is 0 Å². The third kappa shape index (κ3) is 3.30. The maximum absolute atomic E-state index is 12.9. The van der Waals surface area contributed by atoms with Gasteiger partial charge in [0.15, 0.2) is 10.1 Å². The van der Waals surface area contributed by atoms with Crippen LogP contribution in [0.5, 0.6) is 0 Å². The number of aromatic nitrogens is 3. The largest absolute Gasteiger partial charge is 0.318 e. The summed E-state index contributed by atoms with van der Waals surface area (Å²) in [5.41, 5.74) is 3.89. The van der Waals surface area contributed by atoms with Crippen molar-refractivity contribution in [3.05, 3.63) is 58.4 Å². The van der Waals surface area contributed by atoms with E-state index in [0.29, 0.717) is 0 Å². The number of rotatable bonds is 5. The molecular weight excluding hydrogens is 338 g/mol. The van der Waals surface area contributed by atoms with E-state index in [1.54, 1.807) is 0 Å². The van der Waals surface area contributed by atoms with Crippen LogP contribution in [0, 0.1) is 20.8 Å². The summed E-state index contributed by atoms with van der Waals surface area (Å²) >= 11 is 2.99. The van der Waals surface area contributed by atoms with Gasteiger partial charge in [0.2, 0.25) is 0 Å². The molecule has 0 bridgehead atoms. The number of ketones is 1. The molecule has 2 heterocycles. The molecule has 0 N–H and O–H groups in total. The van der Waals surface area contributed by atoms with Crippen molar-refractivity contribution < 1.29 is 4.79 Å². The summed E-state index contributed by atoms with van der Waals surface area (Å²) < 4.78 is 2.96. The SMILES string of the molecule is Cc1nnc(SC(C)C(=O)c2cc(C)n(-c3ccccc3)c2C)s1. The second-order valence-electron chi connectivity index (χ2n) is 5.67. The Labute approximate surface area is 149 Å². The van der Waals surface area contributed by atoms with Crippen molar-refractivity contribution in [2.45, 2.75) is 37.3 Å². The molecule has 1 aromatic carbocycles. The van der Waals surface area contributed by atoms with Gasteiger partial charge in [0.05, 0.1) is 5.25 Å². The van der Waals surface area contributed by atoms with Crippen molar-refractivity contribution in [3.8, 4) is 5.69 Å². The minimum absolute atomic E-state index is 0.128. The molecule has 0 amide bonds. The summed E-state index contributed by atoms with van der Waals surface area (Å²) in [7, 11) is 0. The van der Waals surface area contributed by atoms with Crippen molar-refractivity contribution in [2.24, 2.45) is 0 Å². The van der Waals surface area contributed by atoms with Crippen LogP contribution in [0.4, 0.5) is 0 Å². The maximum Gasteiger partial charge on any atom is 0.177 e. The molecule has 0 radical (unpaired) electrons. The Hall–Kier alpha value is -1.92.